The van der Waals surface area contributed by atoms with Crippen LogP contribution in [-0.2, 0) is 17.8 Å². The van der Waals surface area contributed by atoms with Gasteiger partial charge in [0, 0.05) is 18.9 Å². The van der Waals surface area contributed by atoms with Gasteiger partial charge in [-0.05, 0) is 78.8 Å². The standard InChI is InChI=1S/C23H28N2O3/c26-20-5-9-23(10-6-20)14-19(23)15-25-22(27)13-17-1-3-21(4-2-17)28-16-18-7-11-24-12-8-18/h1-4,7-8,11-12,19-20,26H,5-6,9-10,13-16H2,(H,25,27). The minimum Gasteiger partial charge on any atom is -0.489 e. The van der Waals surface area contributed by atoms with Gasteiger partial charge in [0.2, 0.25) is 5.91 Å². The molecule has 2 fully saturated rings. The zero-order valence-corrected chi connectivity index (χ0v) is 16.1. The molecule has 1 aromatic heterocycles. The number of carbonyl (C=O) groups excluding carboxylic acids is 1. The molecule has 1 aromatic carbocycles. The first-order chi connectivity index (χ1) is 13.6. The van der Waals surface area contributed by atoms with Gasteiger partial charge in [-0.3, -0.25) is 9.78 Å². The van der Waals surface area contributed by atoms with E-state index in [-0.39, 0.29) is 12.0 Å². The number of nitrogens with one attached hydrogen (secondary N) is 1. The molecular weight excluding hydrogens is 352 g/mol. The average Bonchev–Trinajstić information content (AvgIpc) is 3.41. The highest BCUT2D eigenvalue weighted by Gasteiger charge is 2.54. The Morgan fingerprint density at radius 1 is 1.11 bits per heavy atom. The zero-order valence-electron chi connectivity index (χ0n) is 16.1. The molecule has 0 bridgehead atoms. The van der Waals surface area contributed by atoms with Gasteiger partial charge in [0.05, 0.1) is 12.5 Å². The van der Waals surface area contributed by atoms with Crippen molar-refractivity contribution in [3.63, 3.8) is 0 Å². The Hall–Kier alpha value is -2.40. The molecule has 5 nitrogen and oxygen atoms in total. The maximum Gasteiger partial charge on any atom is 0.224 e. The van der Waals surface area contributed by atoms with E-state index in [1.54, 1.807) is 12.4 Å². The molecule has 0 radical (unpaired) electrons. The highest BCUT2D eigenvalue weighted by atomic mass is 16.5. The third-order valence-electron chi connectivity index (χ3n) is 6.30. The third kappa shape index (κ3) is 4.71. The van der Waals surface area contributed by atoms with Gasteiger partial charge in [0.1, 0.15) is 12.4 Å². The summed E-state index contributed by atoms with van der Waals surface area (Å²) in [6.45, 7) is 1.27. The number of carbonyl (C=O) groups is 1. The number of amides is 1. The number of aromatic nitrogens is 1. The Balaban J connectivity index is 1.19. The van der Waals surface area contributed by atoms with Crippen LogP contribution >= 0.6 is 0 Å². The van der Waals surface area contributed by atoms with Crippen molar-refractivity contribution in [3.8, 4) is 5.75 Å². The Morgan fingerprint density at radius 2 is 1.82 bits per heavy atom. The lowest BCUT2D eigenvalue weighted by Gasteiger charge is -2.26. The minimum absolute atomic E-state index is 0.0725. The van der Waals surface area contributed by atoms with Crippen molar-refractivity contribution < 1.29 is 14.6 Å². The molecule has 2 aromatic rings. The molecule has 2 aliphatic rings. The largest absolute Gasteiger partial charge is 0.489 e. The van der Waals surface area contributed by atoms with Gasteiger partial charge in [0.15, 0.2) is 0 Å². The van der Waals surface area contributed by atoms with Crippen LogP contribution < -0.4 is 10.1 Å². The summed E-state index contributed by atoms with van der Waals surface area (Å²) in [4.78, 5) is 16.3. The van der Waals surface area contributed by atoms with Crippen LogP contribution in [0.3, 0.4) is 0 Å². The van der Waals surface area contributed by atoms with Crippen LogP contribution in [0.2, 0.25) is 0 Å². The SMILES string of the molecule is O=C(Cc1ccc(OCc2ccncc2)cc1)NCC1CC12CCC(O)CC2. The molecule has 4 rings (SSSR count). The summed E-state index contributed by atoms with van der Waals surface area (Å²) in [6.07, 6.45) is 9.03. The highest BCUT2D eigenvalue weighted by Crippen LogP contribution is 2.60. The maximum atomic E-state index is 12.3. The van der Waals surface area contributed by atoms with Crippen LogP contribution in [0.1, 0.15) is 43.2 Å². The smallest absolute Gasteiger partial charge is 0.224 e. The van der Waals surface area contributed by atoms with E-state index in [4.69, 9.17) is 4.74 Å². The van der Waals surface area contributed by atoms with Gasteiger partial charge >= 0.3 is 0 Å². The molecule has 148 valence electrons. The first-order valence-corrected chi connectivity index (χ1v) is 10.2. The molecule has 0 aliphatic heterocycles. The first kappa shape index (κ1) is 18.9. The molecule has 2 N–H and O–H groups in total. The number of pyridine rings is 1. The summed E-state index contributed by atoms with van der Waals surface area (Å²) in [6, 6.07) is 11.6. The number of aliphatic hydroxyl groups excluding tert-OH is 1. The Bertz CT molecular complexity index is 783. The lowest BCUT2D eigenvalue weighted by atomic mass is 9.83. The van der Waals surface area contributed by atoms with E-state index < -0.39 is 0 Å². The second-order valence-corrected chi connectivity index (χ2v) is 8.26. The monoisotopic (exact) mass is 380 g/mol. The Kier molecular flexibility index (Phi) is 5.62. The third-order valence-corrected chi connectivity index (χ3v) is 6.30. The summed E-state index contributed by atoms with van der Waals surface area (Å²) >= 11 is 0. The van der Waals surface area contributed by atoms with Crippen LogP contribution in [0.5, 0.6) is 5.75 Å². The van der Waals surface area contributed by atoms with E-state index in [1.165, 1.54) is 6.42 Å². The van der Waals surface area contributed by atoms with Gasteiger partial charge in [-0.15, -0.1) is 0 Å². The maximum absolute atomic E-state index is 12.3. The quantitative estimate of drug-likeness (QED) is 0.773. The second-order valence-electron chi connectivity index (χ2n) is 8.26. The molecule has 1 spiro atoms. The fourth-order valence-corrected chi connectivity index (χ4v) is 4.34. The summed E-state index contributed by atoms with van der Waals surface area (Å²) in [5, 5.41) is 12.8. The molecule has 5 heteroatoms. The molecule has 2 aliphatic carbocycles. The van der Waals surface area contributed by atoms with E-state index in [0.29, 0.717) is 24.4 Å². The molecule has 1 heterocycles. The van der Waals surface area contributed by atoms with Gasteiger partial charge in [-0.25, -0.2) is 0 Å². The zero-order chi connectivity index (χ0) is 19.4. The van der Waals surface area contributed by atoms with Crippen molar-refractivity contribution in [1.29, 1.82) is 0 Å². The minimum atomic E-state index is -0.113. The lowest BCUT2D eigenvalue weighted by molar-refractivity contribution is -0.120. The summed E-state index contributed by atoms with van der Waals surface area (Å²) in [5.41, 5.74) is 2.46. The summed E-state index contributed by atoms with van der Waals surface area (Å²) < 4.78 is 5.76. The van der Waals surface area contributed by atoms with Crippen LogP contribution in [0.15, 0.2) is 48.8 Å². The Morgan fingerprint density at radius 3 is 2.54 bits per heavy atom. The highest BCUT2D eigenvalue weighted by molar-refractivity contribution is 5.78. The summed E-state index contributed by atoms with van der Waals surface area (Å²) in [5.74, 6) is 1.46. The van der Waals surface area contributed by atoms with Crippen molar-refractivity contribution in [2.45, 2.75) is 51.2 Å². The molecule has 2 saturated carbocycles. The van der Waals surface area contributed by atoms with Gasteiger partial charge in [-0.1, -0.05) is 12.1 Å². The van der Waals surface area contributed by atoms with E-state index in [1.807, 2.05) is 36.4 Å². The number of hydrogen-bond donors (Lipinski definition) is 2. The Labute approximate surface area is 166 Å². The normalized spacial score (nSPS) is 26.0. The van der Waals surface area contributed by atoms with Crippen LogP contribution in [-0.4, -0.2) is 28.6 Å². The molecule has 1 amide bonds. The lowest BCUT2D eigenvalue weighted by Crippen LogP contribution is -2.29. The van der Waals surface area contributed by atoms with E-state index in [2.05, 4.69) is 10.3 Å². The van der Waals surface area contributed by atoms with Crippen molar-refractivity contribution in [1.82, 2.24) is 10.3 Å². The predicted molar refractivity (Wildman–Crippen MR) is 107 cm³/mol. The molecule has 1 unspecified atom stereocenters. The number of aliphatic hydroxyl groups is 1. The molecule has 1 atom stereocenters. The number of ether oxygens (including phenoxy) is 1. The fourth-order valence-electron chi connectivity index (χ4n) is 4.34. The average molecular weight is 380 g/mol. The number of hydrogen-bond acceptors (Lipinski definition) is 4. The molecular formula is C23H28N2O3. The van der Waals surface area contributed by atoms with E-state index in [9.17, 15) is 9.90 Å². The van der Waals surface area contributed by atoms with Crippen molar-refractivity contribution in [2.75, 3.05) is 6.54 Å². The fraction of sp³-hybridized carbons (Fsp3) is 0.478. The van der Waals surface area contributed by atoms with Crippen molar-refractivity contribution in [2.24, 2.45) is 11.3 Å². The molecule has 0 saturated heterocycles. The van der Waals surface area contributed by atoms with Crippen molar-refractivity contribution >= 4 is 5.91 Å². The van der Waals surface area contributed by atoms with E-state index >= 15 is 0 Å². The first-order valence-electron chi connectivity index (χ1n) is 10.2. The number of benzene rings is 1. The summed E-state index contributed by atoms with van der Waals surface area (Å²) in [7, 11) is 0. The second kappa shape index (κ2) is 8.31. The number of rotatable bonds is 7. The van der Waals surface area contributed by atoms with E-state index in [0.717, 1.165) is 49.1 Å². The number of nitrogens with zero attached hydrogens (tertiary/aromatic N) is 1. The van der Waals surface area contributed by atoms with Gasteiger partial charge in [0.25, 0.3) is 0 Å². The van der Waals surface area contributed by atoms with Crippen molar-refractivity contribution in [3.05, 3.63) is 59.9 Å². The molecule has 28 heavy (non-hydrogen) atoms. The van der Waals surface area contributed by atoms with Crippen LogP contribution in [0, 0.1) is 11.3 Å². The van der Waals surface area contributed by atoms with Gasteiger partial charge < -0.3 is 15.2 Å². The predicted octanol–water partition coefficient (Wildman–Crippen LogP) is 3.26. The van der Waals surface area contributed by atoms with Crippen LogP contribution in [0.25, 0.3) is 0 Å². The van der Waals surface area contributed by atoms with Gasteiger partial charge in [-0.2, -0.15) is 0 Å². The topological polar surface area (TPSA) is 71.5 Å². The van der Waals surface area contributed by atoms with Crippen LogP contribution in [0.4, 0.5) is 0 Å².